The van der Waals surface area contributed by atoms with Gasteiger partial charge in [-0.1, -0.05) is 35.5 Å². The fourth-order valence-electron chi connectivity index (χ4n) is 2.99. The third kappa shape index (κ3) is 3.32. The maximum Gasteiger partial charge on any atom is 0.173 e. The standard InChI is InChI=1S/C19H20N2OS/c1-11-5-6-15-16(9-11)21-19(20-15)23-10-17(22)18-13(3)7-12(2)8-14(18)4/h5-9H,10H2,1-4H3,(H,20,21). The molecule has 4 heteroatoms. The highest BCUT2D eigenvalue weighted by Gasteiger charge is 2.14. The molecule has 118 valence electrons. The first-order valence-corrected chi connectivity index (χ1v) is 8.63. The lowest BCUT2D eigenvalue weighted by Crippen LogP contribution is -2.08. The third-order valence-corrected chi connectivity index (χ3v) is 4.78. The zero-order valence-electron chi connectivity index (χ0n) is 13.9. The summed E-state index contributed by atoms with van der Waals surface area (Å²) in [7, 11) is 0. The Labute approximate surface area is 140 Å². The highest BCUT2D eigenvalue weighted by Crippen LogP contribution is 2.23. The number of carbonyl (C=O) groups excluding carboxylic acids is 1. The molecule has 3 rings (SSSR count). The van der Waals surface area contributed by atoms with Crippen molar-refractivity contribution in [2.45, 2.75) is 32.9 Å². The smallest absolute Gasteiger partial charge is 0.173 e. The second kappa shape index (κ2) is 6.20. The summed E-state index contributed by atoms with van der Waals surface area (Å²) in [5.74, 6) is 0.547. The number of aromatic amines is 1. The van der Waals surface area contributed by atoms with E-state index >= 15 is 0 Å². The van der Waals surface area contributed by atoms with Crippen LogP contribution in [0.4, 0.5) is 0 Å². The molecule has 0 fully saturated rings. The highest BCUT2D eigenvalue weighted by molar-refractivity contribution is 7.99. The van der Waals surface area contributed by atoms with Gasteiger partial charge in [0, 0.05) is 5.56 Å². The number of nitrogens with zero attached hydrogens (tertiary/aromatic N) is 1. The van der Waals surface area contributed by atoms with Gasteiger partial charge in [-0.3, -0.25) is 4.79 Å². The summed E-state index contributed by atoms with van der Waals surface area (Å²) >= 11 is 1.46. The average molecular weight is 324 g/mol. The number of hydrogen-bond acceptors (Lipinski definition) is 3. The van der Waals surface area contributed by atoms with Crippen molar-refractivity contribution in [3.05, 3.63) is 58.1 Å². The molecule has 0 saturated carbocycles. The van der Waals surface area contributed by atoms with E-state index < -0.39 is 0 Å². The van der Waals surface area contributed by atoms with Crippen molar-refractivity contribution < 1.29 is 4.79 Å². The minimum atomic E-state index is 0.154. The van der Waals surface area contributed by atoms with Gasteiger partial charge in [0.25, 0.3) is 0 Å². The minimum absolute atomic E-state index is 0.154. The molecule has 0 spiro atoms. The summed E-state index contributed by atoms with van der Waals surface area (Å²) in [6.45, 7) is 8.11. The van der Waals surface area contributed by atoms with Gasteiger partial charge in [0.2, 0.25) is 0 Å². The van der Waals surface area contributed by atoms with Gasteiger partial charge in [0.1, 0.15) is 0 Å². The highest BCUT2D eigenvalue weighted by atomic mass is 32.2. The summed E-state index contributed by atoms with van der Waals surface area (Å²) in [5.41, 5.74) is 7.28. The van der Waals surface area contributed by atoms with Crippen molar-refractivity contribution in [1.82, 2.24) is 9.97 Å². The molecule has 23 heavy (non-hydrogen) atoms. The Balaban J connectivity index is 1.78. The predicted octanol–water partition coefficient (Wildman–Crippen LogP) is 4.77. The predicted molar refractivity (Wildman–Crippen MR) is 96.5 cm³/mol. The fraction of sp³-hybridized carbons (Fsp3) is 0.263. The Morgan fingerprint density at radius 2 is 1.74 bits per heavy atom. The SMILES string of the molecule is Cc1cc(C)c(C(=O)CSc2nc3ccc(C)cc3[nH]2)c(C)c1. The molecule has 0 radical (unpaired) electrons. The Morgan fingerprint density at radius 1 is 1.04 bits per heavy atom. The number of thioether (sulfide) groups is 1. The lowest BCUT2D eigenvalue weighted by Gasteiger charge is -2.09. The molecule has 0 bridgehead atoms. The lowest BCUT2D eigenvalue weighted by molar-refractivity contribution is 0.102. The van der Waals surface area contributed by atoms with Gasteiger partial charge in [-0.05, 0) is 56.5 Å². The Hall–Kier alpha value is -2.07. The van der Waals surface area contributed by atoms with Crippen molar-refractivity contribution in [3.63, 3.8) is 0 Å². The Morgan fingerprint density at radius 3 is 2.43 bits per heavy atom. The zero-order chi connectivity index (χ0) is 16.6. The van der Waals surface area contributed by atoms with Crippen LogP contribution in [0.1, 0.15) is 32.6 Å². The number of imidazole rings is 1. The largest absolute Gasteiger partial charge is 0.333 e. The number of aromatic nitrogens is 2. The first-order chi connectivity index (χ1) is 10.9. The first kappa shape index (κ1) is 15.8. The maximum absolute atomic E-state index is 12.6. The topological polar surface area (TPSA) is 45.8 Å². The molecule has 2 aromatic carbocycles. The van der Waals surface area contributed by atoms with Crippen LogP contribution < -0.4 is 0 Å². The molecule has 3 aromatic rings. The lowest BCUT2D eigenvalue weighted by atomic mass is 9.97. The van der Waals surface area contributed by atoms with Crippen molar-refractivity contribution in [1.29, 1.82) is 0 Å². The first-order valence-electron chi connectivity index (χ1n) is 7.64. The summed E-state index contributed by atoms with van der Waals surface area (Å²) in [4.78, 5) is 20.4. The van der Waals surface area contributed by atoms with Crippen LogP contribution in [0.3, 0.4) is 0 Å². The monoisotopic (exact) mass is 324 g/mol. The van der Waals surface area contributed by atoms with E-state index in [4.69, 9.17) is 0 Å². The van der Waals surface area contributed by atoms with Crippen LogP contribution in [0.2, 0.25) is 0 Å². The quantitative estimate of drug-likeness (QED) is 0.555. The van der Waals surface area contributed by atoms with Gasteiger partial charge in [0.15, 0.2) is 10.9 Å². The van der Waals surface area contributed by atoms with Gasteiger partial charge < -0.3 is 4.98 Å². The van der Waals surface area contributed by atoms with Gasteiger partial charge in [-0.2, -0.15) is 0 Å². The van der Waals surface area contributed by atoms with Crippen LogP contribution >= 0.6 is 11.8 Å². The normalized spacial score (nSPS) is 11.1. The summed E-state index contributed by atoms with van der Waals surface area (Å²) in [5, 5.41) is 0.793. The molecule has 0 aliphatic heterocycles. The Bertz CT molecular complexity index is 873. The molecule has 1 N–H and O–H groups in total. The van der Waals surface area contributed by atoms with E-state index in [1.54, 1.807) is 0 Å². The van der Waals surface area contributed by atoms with E-state index in [1.165, 1.54) is 22.9 Å². The Kier molecular flexibility index (Phi) is 4.26. The van der Waals surface area contributed by atoms with Crippen molar-refractivity contribution in [3.8, 4) is 0 Å². The summed E-state index contributed by atoms with van der Waals surface area (Å²) in [6, 6.07) is 10.2. The number of fused-ring (bicyclic) bond motifs is 1. The molecular weight excluding hydrogens is 304 g/mol. The van der Waals surface area contributed by atoms with Crippen molar-refractivity contribution in [2.24, 2.45) is 0 Å². The van der Waals surface area contributed by atoms with Gasteiger partial charge in [0.05, 0.1) is 16.8 Å². The average Bonchev–Trinajstić information content (AvgIpc) is 2.86. The van der Waals surface area contributed by atoms with Gasteiger partial charge in [-0.25, -0.2) is 4.98 Å². The van der Waals surface area contributed by atoms with E-state index in [0.29, 0.717) is 5.75 Å². The van der Waals surface area contributed by atoms with Gasteiger partial charge in [-0.15, -0.1) is 0 Å². The van der Waals surface area contributed by atoms with Crippen LogP contribution in [0.25, 0.3) is 11.0 Å². The number of nitrogens with one attached hydrogen (secondary N) is 1. The molecule has 1 aromatic heterocycles. The molecule has 3 nitrogen and oxygen atoms in total. The van der Waals surface area contributed by atoms with Crippen molar-refractivity contribution >= 4 is 28.6 Å². The molecule has 0 amide bonds. The number of rotatable bonds is 4. The number of benzene rings is 2. The van der Waals surface area contributed by atoms with E-state index in [1.807, 2.05) is 26.0 Å². The number of H-pyrrole nitrogens is 1. The second-order valence-corrected chi connectivity index (χ2v) is 7.01. The summed E-state index contributed by atoms with van der Waals surface area (Å²) in [6.07, 6.45) is 0. The van der Waals surface area contributed by atoms with Crippen LogP contribution in [-0.2, 0) is 0 Å². The molecule has 1 heterocycles. The van der Waals surface area contributed by atoms with E-state index in [0.717, 1.165) is 32.9 Å². The van der Waals surface area contributed by atoms with E-state index in [-0.39, 0.29) is 5.78 Å². The van der Waals surface area contributed by atoms with E-state index in [9.17, 15) is 4.79 Å². The molecule has 0 aliphatic rings. The van der Waals surface area contributed by atoms with Crippen LogP contribution in [0.5, 0.6) is 0 Å². The number of Topliss-reactive ketones (excluding diaryl/α,β-unsaturated/α-hetero) is 1. The molecule has 0 aliphatic carbocycles. The number of aryl methyl sites for hydroxylation is 4. The minimum Gasteiger partial charge on any atom is -0.333 e. The zero-order valence-corrected chi connectivity index (χ0v) is 14.7. The molecular formula is C19H20N2OS. The third-order valence-electron chi connectivity index (χ3n) is 3.91. The van der Waals surface area contributed by atoms with E-state index in [2.05, 4.69) is 42.0 Å². The second-order valence-electron chi connectivity index (χ2n) is 6.05. The van der Waals surface area contributed by atoms with Gasteiger partial charge >= 0.3 is 0 Å². The summed E-state index contributed by atoms with van der Waals surface area (Å²) < 4.78 is 0. The van der Waals surface area contributed by atoms with Crippen LogP contribution in [-0.4, -0.2) is 21.5 Å². The van der Waals surface area contributed by atoms with Crippen molar-refractivity contribution in [2.75, 3.05) is 5.75 Å². The van der Waals surface area contributed by atoms with Crippen LogP contribution in [0.15, 0.2) is 35.5 Å². The van der Waals surface area contributed by atoms with Crippen LogP contribution in [0, 0.1) is 27.7 Å². The number of ketones is 1. The molecule has 0 saturated heterocycles. The fourth-order valence-corrected chi connectivity index (χ4v) is 3.75. The number of carbonyl (C=O) groups is 1. The molecule has 0 unspecified atom stereocenters. The maximum atomic E-state index is 12.6. The number of hydrogen-bond donors (Lipinski definition) is 1. The molecule has 0 atom stereocenters.